The lowest BCUT2D eigenvalue weighted by Crippen LogP contribution is -2.26. The van der Waals surface area contributed by atoms with Crippen molar-refractivity contribution in [1.82, 2.24) is 25.1 Å². The van der Waals surface area contributed by atoms with Crippen LogP contribution in [0.15, 0.2) is 47.7 Å². The molecule has 1 saturated heterocycles. The van der Waals surface area contributed by atoms with E-state index < -0.39 is 6.23 Å². The number of methoxy groups -OCH3 is 1. The summed E-state index contributed by atoms with van der Waals surface area (Å²) >= 11 is 0. The number of H-pyrrole nitrogens is 1. The molecular formula is C22H27N5O4. The van der Waals surface area contributed by atoms with Crippen molar-refractivity contribution in [3.63, 3.8) is 0 Å². The smallest absolute Gasteiger partial charge is 0.280 e. The first kappa shape index (κ1) is 21.2. The number of ether oxygens (including phenoxy) is 2. The fourth-order valence-corrected chi connectivity index (χ4v) is 3.70. The van der Waals surface area contributed by atoms with E-state index in [0.29, 0.717) is 34.3 Å². The Bertz CT molecular complexity index is 1040. The Kier molecular flexibility index (Phi) is 6.76. The molecule has 0 aromatic carbocycles. The number of hydrogen-bond acceptors (Lipinski definition) is 7. The topological polar surface area (TPSA) is 114 Å². The molecule has 0 radical (unpaired) electrons. The predicted octanol–water partition coefficient (Wildman–Crippen LogP) is 2.03. The van der Waals surface area contributed by atoms with Crippen LogP contribution in [0, 0.1) is 5.92 Å². The van der Waals surface area contributed by atoms with Crippen molar-refractivity contribution in [2.45, 2.75) is 25.5 Å². The van der Waals surface area contributed by atoms with Gasteiger partial charge in [0, 0.05) is 43.4 Å². The van der Waals surface area contributed by atoms with Crippen LogP contribution >= 0.6 is 0 Å². The molecule has 1 fully saturated rings. The highest BCUT2D eigenvalue weighted by molar-refractivity contribution is 5.62. The minimum absolute atomic E-state index is 0.233. The summed E-state index contributed by atoms with van der Waals surface area (Å²) in [6.45, 7) is 2.38. The molecule has 1 aliphatic heterocycles. The van der Waals surface area contributed by atoms with E-state index in [9.17, 15) is 9.90 Å². The van der Waals surface area contributed by atoms with E-state index in [1.165, 1.54) is 11.8 Å². The fraction of sp³-hybridized carbons (Fsp3) is 0.409. The van der Waals surface area contributed by atoms with E-state index >= 15 is 0 Å². The van der Waals surface area contributed by atoms with Gasteiger partial charge in [-0.3, -0.25) is 15.2 Å². The number of aromatic amines is 1. The van der Waals surface area contributed by atoms with E-state index in [-0.39, 0.29) is 5.56 Å². The van der Waals surface area contributed by atoms with Gasteiger partial charge in [-0.05, 0) is 55.5 Å². The van der Waals surface area contributed by atoms with Crippen molar-refractivity contribution in [2.75, 3.05) is 26.9 Å². The first-order valence-electron chi connectivity index (χ1n) is 10.4. The van der Waals surface area contributed by atoms with Crippen molar-refractivity contribution < 1.29 is 14.6 Å². The molecule has 0 saturated carbocycles. The lowest BCUT2D eigenvalue weighted by Gasteiger charge is -2.22. The van der Waals surface area contributed by atoms with Crippen molar-refractivity contribution >= 4 is 0 Å². The average Bonchev–Trinajstić information content (AvgIpc) is 3.21. The largest absolute Gasteiger partial charge is 0.481 e. The molecule has 9 heteroatoms. The van der Waals surface area contributed by atoms with Gasteiger partial charge in [-0.15, -0.1) is 0 Å². The van der Waals surface area contributed by atoms with Crippen LogP contribution in [0.3, 0.4) is 0 Å². The molecule has 1 aliphatic rings. The van der Waals surface area contributed by atoms with Crippen LogP contribution in [-0.2, 0) is 4.74 Å². The van der Waals surface area contributed by atoms with Crippen LogP contribution in [0.1, 0.15) is 31.1 Å². The van der Waals surface area contributed by atoms with E-state index in [2.05, 4.69) is 20.4 Å². The molecular weight excluding hydrogens is 398 g/mol. The van der Waals surface area contributed by atoms with Crippen LogP contribution in [0.25, 0.3) is 16.9 Å². The summed E-state index contributed by atoms with van der Waals surface area (Å²) in [4.78, 5) is 21.3. The molecule has 1 unspecified atom stereocenters. The summed E-state index contributed by atoms with van der Waals surface area (Å²) in [7, 11) is 1.53. The van der Waals surface area contributed by atoms with Gasteiger partial charge in [-0.2, -0.15) is 0 Å². The highest BCUT2D eigenvalue weighted by Crippen LogP contribution is 2.20. The Labute approximate surface area is 180 Å². The number of aromatic nitrogens is 4. The number of aliphatic hydroxyl groups is 1. The van der Waals surface area contributed by atoms with Crippen LogP contribution < -0.4 is 15.6 Å². The molecule has 9 nitrogen and oxygen atoms in total. The Morgan fingerprint density at radius 2 is 2.16 bits per heavy atom. The van der Waals surface area contributed by atoms with Gasteiger partial charge >= 0.3 is 0 Å². The Morgan fingerprint density at radius 1 is 1.32 bits per heavy atom. The number of hydrogen-bond donors (Lipinski definition) is 3. The molecule has 4 rings (SSSR count). The lowest BCUT2D eigenvalue weighted by atomic mass is 9.97. The predicted molar refractivity (Wildman–Crippen MR) is 115 cm³/mol. The van der Waals surface area contributed by atoms with Gasteiger partial charge in [0.15, 0.2) is 5.82 Å². The molecule has 3 aromatic rings. The number of pyridine rings is 2. The minimum Gasteiger partial charge on any atom is -0.481 e. The highest BCUT2D eigenvalue weighted by atomic mass is 16.5. The number of aliphatic hydroxyl groups excluding tert-OH is 1. The standard InChI is InChI=1S/C22H27N5O4/c1-30-20-12-16(5-9-23-20)18-14-26-27(22(18)29)19-3-2-17(13-25-19)21(28)24-8-4-15-6-10-31-11-7-15/h2-3,5,9,12-15,21,24,26,28H,4,6-8,10-11H2,1H3. The van der Waals surface area contributed by atoms with Gasteiger partial charge in [-0.25, -0.2) is 14.6 Å². The van der Waals surface area contributed by atoms with Gasteiger partial charge in [0.2, 0.25) is 5.88 Å². The summed E-state index contributed by atoms with van der Waals surface area (Å²) in [6.07, 6.45) is 7.14. The minimum atomic E-state index is -0.804. The average molecular weight is 425 g/mol. The Morgan fingerprint density at radius 3 is 2.90 bits per heavy atom. The van der Waals surface area contributed by atoms with Crippen LogP contribution in [0.5, 0.6) is 5.88 Å². The second-order valence-corrected chi connectivity index (χ2v) is 7.57. The molecule has 0 amide bonds. The van der Waals surface area contributed by atoms with Gasteiger partial charge in [0.25, 0.3) is 5.56 Å². The maximum Gasteiger partial charge on any atom is 0.280 e. The number of rotatable bonds is 8. The third kappa shape index (κ3) is 5.01. The maximum absolute atomic E-state index is 12.8. The molecule has 0 spiro atoms. The molecule has 31 heavy (non-hydrogen) atoms. The first-order valence-corrected chi connectivity index (χ1v) is 10.4. The third-order valence-corrected chi connectivity index (χ3v) is 5.57. The van der Waals surface area contributed by atoms with Crippen molar-refractivity contribution in [3.8, 4) is 22.8 Å². The normalized spacial score (nSPS) is 15.7. The third-order valence-electron chi connectivity index (χ3n) is 5.57. The molecule has 0 aliphatic carbocycles. The van der Waals surface area contributed by atoms with Crippen LogP contribution in [0.4, 0.5) is 0 Å². The zero-order chi connectivity index (χ0) is 21.6. The summed E-state index contributed by atoms with van der Waals surface area (Å²) < 4.78 is 11.9. The highest BCUT2D eigenvalue weighted by Gasteiger charge is 2.15. The molecule has 3 N–H and O–H groups in total. The quantitative estimate of drug-likeness (QED) is 0.473. The van der Waals surface area contributed by atoms with Crippen molar-refractivity contribution in [1.29, 1.82) is 0 Å². The number of nitrogens with one attached hydrogen (secondary N) is 2. The van der Waals surface area contributed by atoms with E-state index in [0.717, 1.165) is 39.0 Å². The SMILES string of the molecule is COc1cc(-c2c[nH]n(-c3ccc(C(O)NCCC4CCOCC4)cn3)c2=O)ccn1. The van der Waals surface area contributed by atoms with Crippen LogP contribution in [-0.4, -0.2) is 51.7 Å². The van der Waals surface area contributed by atoms with Gasteiger partial charge in [0.1, 0.15) is 6.23 Å². The monoisotopic (exact) mass is 425 g/mol. The Balaban J connectivity index is 1.41. The second kappa shape index (κ2) is 9.86. The zero-order valence-corrected chi connectivity index (χ0v) is 17.5. The van der Waals surface area contributed by atoms with Gasteiger partial charge < -0.3 is 14.6 Å². The zero-order valence-electron chi connectivity index (χ0n) is 17.5. The molecule has 0 bridgehead atoms. The van der Waals surface area contributed by atoms with E-state index in [4.69, 9.17) is 9.47 Å². The summed E-state index contributed by atoms with van der Waals surface area (Å²) in [5.74, 6) is 1.52. The molecule has 3 aromatic heterocycles. The lowest BCUT2D eigenvalue weighted by molar-refractivity contribution is 0.0613. The summed E-state index contributed by atoms with van der Waals surface area (Å²) in [5, 5.41) is 16.5. The van der Waals surface area contributed by atoms with Crippen molar-refractivity contribution in [3.05, 3.63) is 58.8 Å². The van der Waals surface area contributed by atoms with Gasteiger partial charge in [0.05, 0.1) is 12.7 Å². The van der Waals surface area contributed by atoms with E-state index in [1.807, 2.05) is 0 Å². The van der Waals surface area contributed by atoms with E-state index in [1.54, 1.807) is 42.9 Å². The summed E-state index contributed by atoms with van der Waals surface area (Å²) in [5.41, 5.74) is 1.60. The first-order chi connectivity index (χ1) is 15.2. The molecule has 1 atom stereocenters. The second-order valence-electron chi connectivity index (χ2n) is 7.57. The summed E-state index contributed by atoms with van der Waals surface area (Å²) in [6, 6.07) is 6.91. The van der Waals surface area contributed by atoms with Crippen LogP contribution in [0.2, 0.25) is 0 Å². The van der Waals surface area contributed by atoms with Crippen molar-refractivity contribution in [2.24, 2.45) is 5.92 Å². The molecule has 164 valence electrons. The molecule has 4 heterocycles. The number of nitrogens with zero attached hydrogens (tertiary/aromatic N) is 3. The Hall–Kier alpha value is -3.01. The fourth-order valence-electron chi connectivity index (χ4n) is 3.70. The van der Waals surface area contributed by atoms with Gasteiger partial charge in [-0.1, -0.05) is 0 Å². The maximum atomic E-state index is 12.8.